The number of halogens is 2. The topological polar surface area (TPSA) is 15.3 Å². The average molecular weight is 268 g/mol. The van der Waals surface area contributed by atoms with Crippen LogP contribution in [0.5, 0.6) is 0 Å². The maximum Gasteiger partial charge on any atom is 0.163 e. The molecule has 1 aromatic carbocycles. The van der Waals surface area contributed by atoms with Crippen LogP contribution >= 0.6 is 0 Å². The van der Waals surface area contributed by atoms with E-state index in [-0.39, 0.29) is 0 Å². The van der Waals surface area contributed by atoms with Crippen LogP contribution in [0, 0.1) is 11.6 Å². The van der Waals surface area contributed by atoms with Crippen molar-refractivity contribution >= 4 is 0 Å². The Labute approximate surface area is 113 Å². The van der Waals surface area contributed by atoms with Crippen LogP contribution in [0.1, 0.15) is 32.3 Å². The molecule has 0 spiro atoms. The lowest BCUT2D eigenvalue weighted by Crippen LogP contribution is -2.39. The highest BCUT2D eigenvalue weighted by Crippen LogP contribution is 2.18. The van der Waals surface area contributed by atoms with Crippen LogP contribution in [-0.2, 0) is 6.54 Å². The Bertz CT molecular complexity index is 423. The van der Waals surface area contributed by atoms with Crippen LogP contribution < -0.4 is 5.32 Å². The quantitative estimate of drug-likeness (QED) is 0.906. The summed E-state index contributed by atoms with van der Waals surface area (Å²) in [6, 6.07) is 5.23. The Balaban J connectivity index is 2.12. The van der Waals surface area contributed by atoms with Crippen molar-refractivity contribution in [3.8, 4) is 0 Å². The van der Waals surface area contributed by atoms with Gasteiger partial charge in [0.2, 0.25) is 0 Å². The van der Waals surface area contributed by atoms with E-state index in [2.05, 4.69) is 24.1 Å². The van der Waals surface area contributed by atoms with Crippen molar-refractivity contribution in [3.63, 3.8) is 0 Å². The van der Waals surface area contributed by atoms with Gasteiger partial charge in [-0.05, 0) is 32.4 Å². The van der Waals surface area contributed by atoms with E-state index in [1.54, 1.807) is 12.1 Å². The van der Waals surface area contributed by atoms with E-state index in [1.165, 1.54) is 6.07 Å². The minimum absolute atomic E-state index is 0.381. The lowest BCUT2D eigenvalue weighted by molar-refractivity contribution is 0.191. The smallest absolute Gasteiger partial charge is 0.163 e. The molecule has 106 valence electrons. The molecule has 2 unspecified atom stereocenters. The van der Waals surface area contributed by atoms with Crippen LogP contribution in [0.3, 0.4) is 0 Å². The first-order chi connectivity index (χ1) is 9.11. The van der Waals surface area contributed by atoms with Crippen LogP contribution in [-0.4, -0.2) is 30.1 Å². The van der Waals surface area contributed by atoms with Crippen molar-refractivity contribution in [2.45, 2.75) is 45.3 Å². The minimum Gasteiger partial charge on any atom is -0.313 e. The highest BCUT2D eigenvalue weighted by atomic mass is 19.2. The average Bonchev–Trinajstić information content (AvgIpc) is 2.57. The van der Waals surface area contributed by atoms with Gasteiger partial charge in [-0.2, -0.15) is 0 Å². The number of hydrogen-bond donors (Lipinski definition) is 1. The SMILES string of the molecule is CCC1CN(Cc2cccc(F)c2F)C(C)CCN1. The third kappa shape index (κ3) is 3.51. The molecule has 0 aliphatic carbocycles. The van der Waals surface area contributed by atoms with Crippen molar-refractivity contribution in [1.82, 2.24) is 10.2 Å². The summed E-state index contributed by atoms with van der Waals surface area (Å²) in [6.07, 6.45) is 2.09. The van der Waals surface area contributed by atoms with Crippen molar-refractivity contribution < 1.29 is 8.78 Å². The van der Waals surface area contributed by atoms with Gasteiger partial charge in [0, 0.05) is 30.7 Å². The molecule has 0 radical (unpaired) electrons. The molecule has 1 aliphatic rings. The Morgan fingerprint density at radius 2 is 2.16 bits per heavy atom. The fraction of sp³-hybridized carbons (Fsp3) is 0.600. The second-order valence-electron chi connectivity index (χ2n) is 5.34. The van der Waals surface area contributed by atoms with Crippen molar-refractivity contribution in [2.75, 3.05) is 13.1 Å². The van der Waals surface area contributed by atoms with Gasteiger partial charge in [0.15, 0.2) is 11.6 Å². The lowest BCUT2D eigenvalue weighted by Gasteiger charge is -2.29. The number of hydrogen-bond acceptors (Lipinski definition) is 2. The third-order valence-electron chi connectivity index (χ3n) is 3.97. The molecule has 1 aliphatic heterocycles. The highest BCUT2D eigenvalue weighted by molar-refractivity contribution is 5.19. The van der Waals surface area contributed by atoms with E-state index < -0.39 is 11.6 Å². The first-order valence-corrected chi connectivity index (χ1v) is 7.02. The lowest BCUT2D eigenvalue weighted by atomic mass is 10.1. The largest absolute Gasteiger partial charge is 0.313 e. The molecule has 1 saturated heterocycles. The third-order valence-corrected chi connectivity index (χ3v) is 3.97. The van der Waals surface area contributed by atoms with Crippen LogP contribution in [0.2, 0.25) is 0 Å². The first kappa shape index (κ1) is 14.4. The molecule has 0 aromatic heterocycles. The van der Waals surface area contributed by atoms with E-state index in [4.69, 9.17) is 0 Å². The number of benzene rings is 1. The van der Waals surface area contributed by atoms with Gasteiger partial charge in [0.05, 0.1) is 0 Å². The predicted molar refractivity (Wildman–Crippen MR) is 72.9 cm³/mol. The number of nitrogens with zero attached hydrogens (tertiary/aromatic N) is 1. The van der Waals surface area contributed by atoms with E-state index in [9.17, 15) is 8.78 Å². The highest BCUT2D eigenvalue weighted by Gasteiger charge is 2.23. The van der Waals surface area contributed by atoms with Gasteiger partial charge in [-0.25, -0.2) is 8.78 Å². The summed E-state index contributed by atoms with van der Waals surface area (Å²) in [5, 5.41) is 3.49. The summed E-state index contributed by atoms with van der Waals surface area (Å²) >= 11 is 0. The van der Waals surface area contributed by atoms with Crippen LogP contribution in [0.25, 0.3) is 0 Å². The van der Waals surface area contributed by atoms with Gasteiger partial charge in [-0.3, -0.25) is 4.90 Å². The minimum atomic E-state index is -0.759. The maximum absolute atomic E-state index is 13.7. The maximum atomic E-state index is 13.7. The second kappa shape index (κ2) is 6.44. The van der Waals surface area contributed by atoms with Crippen molar-refractivity contribution in [3.05, 3.63) is 35.4 Å². The molecular weight excluding hydrogens is 246 g/mol. The molecule has 1 N–H and O–H groups in total. The van der Waals surface area contributed by atoms with Crippen molar-refractivity contribution in [1.29, 1.82) is 0 Å². The summed E-state index contributed by atoms with van der Waals surface area (Å²) in [5.74, 6) is -1.47. The number of rotatable bonds is 3. The summed E-state index contributed by atoms with van der Waals surface area (Å²) in [6.45, 7) is 6.64. The molecule has 1 fully saturated rings. The van der Waals surface area contributed by atoms with Gasteiger partial charge in [-0.1, -0.05) is 19.1 Å². The van der Waals surface area contributed by atoms with Crippen LogP contribution in [0.15, 0.2) is 18.2 Å². The summed E-state index contributed by atoms with van der Waals surface area (Å²) in [5.41, 5.74) is 0.448. The monoisotopic (exact) mass is 268 g/mol. The van der Waals surface area contributed by atoms with Gasteiger partial charge in [-0.15, -0.1) is 0 Å². The standard InChI is InChI=1S/C15H22F2N2/c1-3-13-10-19(11(2)7-8-18-13)9-12-5-4-6-14(16)15(12)17/h4-6,11,13,18H,3,7-10H2,1-2H3. The molecule has 0 bridgehead atoms. The van der Waals surface area contributed by atoms with E-state index >= 15 is 0 Å². The molecular formula is C15H22F2N2. The fourth-order valence-electron chi connectivity index (χ4n) is 2.59. The Morgan fingerprint density at radius 1 is 1.37 bits per heavy atom. The van der Waals surface area contributed by atoms with E-state index in [1.807, 2.05) is 0 Å². The Morgan fingerprint density at radius 3 is 2.89 bits per heavy atom. The van der Waals surface area contributed by atoms with Crippen molar-refractivity contribution in [2.24, 2.45) is 0 Å². The molecule has 1 heterocycles. The summed E-state index contributed by atoms with van der Waals surface area (Å²) in [4.78, 5) is 2.24. The summed E-state index contributed by atoms with van der Waals surface area (Å²) in [7, 11) is 0. The molecule has 2 rings (SSSR count). The number of nitrogens with one attached hydrogen (secondary N) is 1. The molecule has 19 heavy (non-hydrogen) atoms. The molecule has 2 nitrogen and oxygen atoms in total. The zero-order valence-electron chi connectivity index (χ0n) is 11.6. The van der Waals surface area contributed by atoms with Gasteiger partial charge in [0.1, 0.15) is 0 Å². The first-order valence-electron chi connectivity index (χ1n) is 7.02. The normalized spacial score (nSPS) is 25.3. The second-order valence-corrected chi connectivity index (χ2v) is 5.34. The zero-order chi connectivity index (χ0) is 13.8. The van der Waals surface area contributed by atoms with Crippen LogP contribution in [0.4, 0.5) is 8.78 Å². The fourth-order valence-corrected chi connectivity index (χ4v) is 2.59. The molecule has 0 amide bonds. The molecule has 4 heteroatoms. The molecule has 2 atom stereocenters. The molecule has 1 aromatic rings. The predicted octanol–water partition coefficient (Wildman–Crippen LogP) is 2.93. The Hall–Kier alpha value is -1.00. The molecule has 0 saturated carbocycles. The van der Waals surface area contributed by atoms with Gasteiger partial charge in [0.25, 0.3) is 0 Å². The van der Waals surface area contributed by atoms with E-state index in [0.29, 0.717) is 24.2 Å². The van der Waals surface area contributed by atoms with Gasteiger partial charge < -0.3 is 5.32 Å². The van der Waals surface area contributed by atoms with E-state index in [0.717, 1.165) is 25.9 Å². The summed E-state index contributed by atoms with van der Waals surface area (Å²) < 4.78 is 27.0. The zero-order valence-corrected chi connectivity index (χ0v) is 11.6. The van der Waals surface area contributed by atoms with Gasteiger partial charge >= 0.3 is 0 Å². The Kier molecular flexibility index (Phi) is 4.88.